The van der Waals surface area contributed by atoms with Crippen LogP contribution in [0.5, 0.6) is 5.75 Å². The van der Waals surface area contributed by atoms with Crippen LogP contribution < -0.4 is 4.74 Å². The Kier molecular flexibility index (Phi) is 15.8. The van der Waals surface area contributed by atoms with Crippen LogP contribution in [0.2, 0.25) is 0 Å². The molecule has 0 unspecified atom stereocenters. The lowest BCUT2D eigenvalue weighted by atomic mass is 10.0. The molecule has 2 aromatic carbocycles. The van der Waals surface area contributed by atoms with Crippen LogP contribution >= 0.6 is 0 Å². The number of unbranched alkanes of at least 4 members (excludes halogenated alkanes) is 9. The van der Waals surface area contributed by atoms with E-state index >= 15 is 0 Å². The Morgan fingerprint density at radius 2 is 1.49 bits per heavy atom. The van der Waals surface area contributed by atoms with Crippen LogP contribution in [0.25, 0.3) is 11.4 Å². The van der Waals surface area contributed by atoms with Crippen molar-refractivity contribution in [2.24, 2.45) is 0 Å². The third-order valence-corrected chi connectivity index (χ3v) is 7.71. The van der Waals surface area contributed by atoms with Gasteiger partial charge in [0, 0.05) is 31.7 Å². The molecule has 0 aliphatic heterocycles. The van der Waals surface area contributed by atoms with Crippen LogP contribution in [0.3, 0.4) is 0 Å². The van der Waals surface area contributed by atoms with Crippen LogP contribution in [0, 0.1) is 5.82 Å². The van der Waals surface area contributed by atoms with Gasteiger partial charge in [-0.15, -0.1) is 0 Å². The Bertz CT molecular complexity index is 1400. The van der Waals surface area contributed by atoms with Gasteiger partial charge in [0.25, 0.3) is 0 Å². The number of ether oxygens (including phenoxy) is 3. The minimum atomic E-state index is -4.79. The number of hydrogen-bond acceptors (Lipinski definition) is 7. The second kappa shape index (κ2) is 19.7. The van der Waals surface area contributed by atoms with Crippen molar-refractivity contribution in [3.8, 4) is 17.1 Å². The molecule has 0 saturated heterocycles. The lowest BCUT2D eigenvalue weighted by Gasteiger charge is -2.20. The molecule has 0 fully saturated rings. The summed E-state index contributed by atoms with van der Waals surface area (Å²) in [4.78, 5) is 34.4. The highest BCUT2D eigenvalue weighted by atomic mass is 19.4. The summed E-state index contributed by atoms with van der Waals surface area (Å²) < 4.78 is 69.9. The summed E-state index contributed by atoms with van der Waals surface area (Å²) in [7, 11) is 1.43. The van der Waals surface area contributed by atoms with Gasteiger partial charge in [-0.3, -0.25) is 0 Å². The third-order valence-electron chi connectivity index (χ3n) is 7.71. The van der Waals surface area contributed by atoms with Crippen molar-refractivity contribution in [3.63, 3.8) is 0 Å². The lowest BCUT2D eigenvalue weighted by Crippen LogP contribution is -2.34. The zero-order chi connectivity index (χ0) is 34.1. The summed E-state index contributed by atoms with van der Waals surface area (Å²) in [6, 6.07) is 9.15. The van der Waals surface area contributed by atoms with Crippen molar-refractivity contribution < 1.29 is 41.4 Å². The van der Waals surface area contributed by atoms with Gasteiger partial charge in [0.1, 0.15) is 0 Å². The number of aromatic nitrogens is 2. The summed E-state index contributed by atoms with van der Waals surface area (Å²) >= 11 is 0. The number of benzene rings is 2. The second-order valence-corrected chi connectivity index (χ2v) is 11.5. The Balaban J connectivity index is 1.58. The highest BCUT2D eigenvalue weighted by molar-refractivity contribution is 5.97. The Morgan fingerprint density at radius 1 is 0.830 bits per heavy atom. The first-order chi connectivity index (χ1) is 22.6. The lowest BCUT2D eigenvalue weighted by molar-refractivity contribution is -0.206. The van der Waals surface area contributed by atoms with Gasteiger partial charge in [-0.25, -0.2) is 23.9 Å². The predicted octanol–water partition coefficient (Wildman–Crippen LogP) is 9.48. The number of hydrogen-bond donors (Lipinski definition) is 0. The normalized spacial score (nSPS) is 12.1. The van der Waals surface area contributed by atoms with E-state index in [-0.39, 0.29) is 18.6 Å². The first kappa shape index (κ1) is 37.6. The molecule has 0 spiro atoms. The zero-order valence-corrected chi connectivity index (χ0v) is 27.1. The predicted molar refractivity (Wildman–Crippen MR) is 171 cm³/mol. The van der Waals surface area contributed by atoms with Crippen molar-refractivity contribution in [1.29, 1.82) is 0 Å². The number of rotatable bonds is 20. The smallest absolute Gasteiger partial charge is 0.425 e. The van der Waals surface area contributed by atoms with Gasteiger partial charge in [-0.1, -0.05) is 76.5 Å². The standard InChI is InChI=1S/C36H44F4N2O5/c1-3-4-5-6-7-8-9-10-11-16-26-24-41-33(42-25-26)28-17-12-13-18-29(28)35(44)46-31-21-20-27(23-30(31)37)34(43)47-32(36(38,39)40)19-14-15-22-45-2/h12-13,17-18,20-21,23-25,32H,3-11,14-16,19,22H2,1-2H3/t32-/m1/s1. The Morgan fingerprint density at radius 3 is 2.13 bits per heavy atom. The van der Waals surface area contributed by atoms with Crippen molar-refractivity contribution in [2.45, 2.75) is 103 Å². The van der Waals surface area contributed by atoms with E-state index in [0.29, 0.717) is 23.9 Å². The molecule has 7 nitrogen and oxygen atoms in total. The minimum absolute atomic E-state index is 0.0866. The number of esters is 2. The molecule has 0 aliphatic rings. The monoisotopic (exact) mass is 660 g/mol. The Hall–Kier alpha value is -3.86. The summed E-state index contributed by atoms with van der Waals surface area (Å²) in [6.07, 6.45) is 8.32. The molecule has 3 aromatic rings. The molecule has 3 rings (SSSR count). The highest BCUT2D eigenvalue weighted by Crippen LogP contribution is 2.29. The number of halogens is 4. The summed E-state index contributed by atoms with van der Waals surface area (Å²) in [5.74, 6) is -3.57. The first-order valence-electron chi connectivity index (χ1n) is 16.3. The second-order valence-electron chi connectivity index (χ2n) is 11.5. The molecule has 1 aromatic heterocycles. The van der Waals surface area contributed by atoms with Gasteiger partial charge in [0.2, 0.25) is 0 Å². The van der Waals surface area contributed by atoms with Crippen molar-refractivity contribution in [2.75, 3.05) is 13.7 Å². The van der Waals surface area contributed by atoms with E-state index in [1.54, 1.807) is 30.6 Å². The highest BCUT2D eigenvalue weighted by Gasteiger charge is 2.42. The van der Waals surface area contributed by atoms with Crippen LogP contribution in [-0.4, -0.2) is 47.9 Å². The molecule has 0 radical (unpaired) electrons. The number of nitrogens with zero attached hydrogens (tertiary/aromatic N) is 2. The molecule has 47 heavy (non-hydrogen) atoms. The van der Waals surface area contributed by atoms with Gasteiger partial charge >= 0.3 is 18.1 Å². The van der Waals surface area contributed by atoms with E-state index in [1.807, 2.05) is 0 Å². The molecule has 11 heteroatoms. The van der Waals surface area contributed by atoms with E-state index in [2.05, 4.69) is 21.6 Å². The number of methoxy groups -OCH3 is 1. The Labute approximate surface area is 274 Å². The van der Waals surface area contributed by atoms with Crippen molar-refractivity contribution in [1.82, 2.24) is 9.97 Å². The fourth-order valence-corrected chi connectivity index (χ4v) is 5.05. The van der Waals surface area contributed by atoms with E-state index in [9.17, 15) is 27.2 Å². The number of alkyl halides is 3. The van der Waals surface area contributed by atoms with Crippen molar-refractivity contribution in [3.05, 3.63) is 77.4 Å². The van der Waals surface area contributed by atoms with Crippen LogP contribution in [0.4, 0.5) is 17.6 Å². The number of carbonyl (C=O) groups excluding carboxylic acids is 2. The van der Waals surface area contributed by atoms with Crippen molar-refractivity contribution >= 4 is 11.9 Å². The van der Waals surface area contributed by atoms with E-state index in [4.69, 9.17) is 9.47 Å². The molecule has 1 heterocycles. The van der Waals surface area contributed by atoms with Crippen LogP contribution in [0.1, 0.15) is 110 Å². The fourth-order valence-electron chi connectivity index (χ4n) is 5.05. The summed E-state index contributed by atoms with van der Waals surface area (Å²) in [5, 5.41) is 0. The van der Waals surface area contributed by atoms with E-state index in [1.165, 1.54) is 58.1 Å². The maximum Gasteiger partial charge on any atom is 0.425 e. The van der Waals surface area contributed by atoms with Gasteiger partial charge in [-0.2, -0.15) is 13.2 Å². The molecule has 0 saturated carbocycles. The molecule has 0 N–H and O–H groups in total. The molecule has 0 bridgehead atoms. The number of carbonyl (C=O) groups is 2. The zero-order valence-electron chi connectivity index (χ0n) is 27.1. The molecule has 1 atom stereocenters. The van der Waals surface area contributed by atoms with E-state index in [0.717, 1.165) is 37.0 Å². The molecule has 256 valence electrons. The quantitative estimate of drug-likeness (QED) is 0.0516. The largest absolute Gasteiger partial charge is 0.449 e. The SMILES string of the molecule is CCCCCCCCCCCc1cnc(-c2ccccc2C(=O)Oc2ccc(C(=O)O[C@H](CCCCOC)C(F)(F)F)cc2F)nc1. The third kappa shape index (κ3) is 12.7. The maximum absolute atomic E-state index is 14.9. The molecular weight excluding hydrogens is 616 g/mol. The van der Waals surface area contributed by atoms with Gasteiger partial charge in [0.05, 0.1) is 11.1 Å². The van der Waals surface area contributed by atoms with Crippen LogP contribution in [0.15, 0.2) is 54.9 Å². The van der Waals surface area contributed by atoms with Gasteiger partial charge in [-0.05, 0) is 61.9 Å². The average molecular weight is 661 g/mol. The summed E-state index contributed by atoms with van der Waals surface area (Å²) in [6.45, 7) is 2.49. The van der Waals surface area contributed by atoms with E-state index < -0.39 is 47.8 Å². The van der Waals surface area contributed by atoms with Gasteiger partial charge < -0.3 is 14.2 Å². The molecule has 0 aliphatic carbocycles. The number of aryl methyl sites for hydroxylation is 1. The average Bonchev–Trinajstić information content (AvgIpc) is 3.06. The molecular formula is C36H44F4N2O5. The summed E-state index contributed by atoms with van der Waals surface area (Å²) in [5.41, 5.74) is 1.01. The van der Waals surface area contributed by atoms with Crippen LogP contribution in [-0.2, 0) is 15.9 Å². The molecule has 0 amide bonds. The first-order valence-corrected chi connectivity index (χ1v) is 16.3. The van der Waals surface area contributed by atoms with Gasteiger partial charge in [0.15, 0.2) is 23.5 Å². The topological polar surface area (TPSA) is 87.6 Å². The minimum Gasteiger partial charge on any atom is -0.449 e. The fraction of sp³-hybridized carbons (Fsp3) is 0.500. The maximum atomic E-state index is 14.9.